The number of hydrogen-bond acceptors (Lipinski definition) is 9. The summed E-state index contributed by atoms with van der Waals surface area (Å²) < 4.78 is 10.8. The molecule has 0 saturated carbocycles. The van der Waals surface area contributed by atoms with Crippen LogP contribution in [0.5, 0.6) is 5.75 Å². The molecule has 2 heterocycles. The molecule has 3 amide bonds. The largest absolute Gasteiger partial charge is 0.494 e. The average Bonchev–Trinajstić information content (AvgIpc) is 3.04. The van der Waals surface area contributed by atoms with Gasteiger partial charge < -0.3 is 19.2 Å². The Balaban J connectivity index is 1.41. The van der Waals surface area contributed by atoms with Crippen LogP contribution in [0.3, 0.4) is 0 Å². The topological polar surface area (TPSA) is 132 Å². The van der Waals surface area contributed by atoms with Crippen molar-refractivity contribution < 1.29 is 33.8 Å². The van der Waals surface area contributed by atoms with Crippen molar-refractivity contribution >= 4 is 17.9 Å². The average molecular weight is 464 g/mol. The predicted molar refractivity (Wildman–Crippen MR) is 115 cm³/mol. The standard InChI is InChI=1S/C21H28N4O8/c1-2-31-21(28)23-11-9-22(10-12-23)7-3-13-32-16-5-6-17-18(15-16)20(27)24(19(17)26)8-4-14-33-25(29)30/h5-6,15H,2-4,7-14H2,1H3. The van der Waals surface area contributed by atoms with E-state index in [1.807, 2.05) is 0 Å². The van der Waals surface area contributed by atoms with Crippen molar-refractivity contribution in [2.75, 3.05) is 59.1 Å². The van der Waals surface area contributed by atoms with Gasteiger partial charge in [0.25, 0.3) is 16.9 Å². The minimum absolute atomic E-state index is 0.0415. The van der Waals surface area contributed by atoms with Crippen LogP contribution in [0.15, 0.2) is 18.2 Å². The summed E-state index contributed by atoms with van der Waals surface area (Å²) in [5.74, 6) is -0.369. The number of fused-ring (bicyclic) bond motifs is 1. The van der Waals surface area contributed by atoms with Crippen LogP contribution < -0.4 is 4.74 Å². The highest BCUT2D eigenvalue weighted by atomic mass is 16.9. The first-order valence-electron chi connectivity index (χ1n) is 10.9. The third-order valence-electron chi connectivity index (χ3n) is 5.45. The summed E-state index contributed by atoms with van der Waals surface area (Å²) in [5, 5.41) is 9.29. The third-order valence-corrected chi connectivity index (χ3v) is 5.45. The molecule has 0 unspecified atom stereocenters. The molecule has 0 bridgehead atoms. The van der Waals surface area contributed by atoms with Crippen molar-refractivity contribution in [1.82, 2.24) is 14.7 Å². The molecule has 2 aliphatic rings. The monoisotopic (exact) mass is 464 g/mol. The Hall–Kier alpha value is -3.41. The van der Waals surface area contributed by atoms with E-state index in [1.54, 1.807) is 30.0 Å². The van der Waals surface area contributed by atoms with Crippen LogP contribution in [0.2, 0.25) is 0 Å². The van der Waals surface area contributed by atoms with E-state index in [-0.39, 0.29) is 31.2 Å². The lowest BCUT2D eigenvalue weighted by Crippen LogP contribution is -2.49. The zero-order valence-corrected chi connectivity index (χ0v) is 18.6. The Morgan fingerprint density at radius 1 is 1.03 bits per heavy atom. The first-order valence-corrected chi connectivity index (χ1v) is 10.9. The molecule has 2 aliphatic heterocycles. The van der Waals surface area contributed by atoms with Gasteiger partial charge in [-0.05, 0) is 38.0 Å². The second kappa shape index (κ2) is 11.5. The van der Waals surface area contributed by atoms with Crippen molar-refractivity contribution in [2.45, 2.75) is 19.8 Å². The van der Waals surface area contributed by atoms with Crippen LogP contribution in [0.4, 0.5) is 4.79 Å². The van der Waals surface area contributed by atoms with E-state index < -0.39 is 16.9 Å². The fraction of sp³-hybridized carbons (Fsp3) is 0.571. The molecule has 1 aromatic rings. The van der Waals surface area contributed by atoms with Gasteiger partial charge in [0.15, 0.2) is 0 Å². The third kappa shape index (κ3) is 6.31. The molecule has 1 aromatic carbocycles. The summed E-state index contributed by atoms with van der Waals surface area (Å²) in [6.45, 7) is 6.09. The molecule has 1 fully saturated rings. The maximum atomic E-state index is 12.6. The van der Waals surface area contributed by atoms with E-state index >= 15 is 0 Å². The number of ether oxygens (including phenoxy) is 2. The molecule has 180 valence electrons. The van der Waals surface area contributed by atoms with Crippen LogP contribution >= 0.6 is 0 Å². The number of amides is 3. The summed E-state index contributed by atoms with van der Waals surface area (Å²) in [4.78, 5) is 56.2. The Bertz CT molecular complexity index is 885. The second-order valence-electron chi connectivity index (χ2n) is 7.61. The quantitative estimate of drug-likeness (QED) is 0.206. The number of rotatable bonds is 11. The lowest BCUT2D eigenvalue weighted by Gasteiger charge is -2.33. The summed E-state index contributed by atoms with van der Waals surface area (Å²) in [7, 11) is 0. The van der Waals surface area contributed by atoms with Crippen LogP contribution in [-0.2, 0) is 9.57 Å². The van der Waals surface area contributed by atoms with Gasteiger partial charge in [-0.2, -0.15) is 0 Å². The lowest BCUT2D eigenvalue weighted by atomic mass is 10.1. The van der Waals surface area contributed by atoms with Crippen molar-refractivity contribution in [3.8, 4) is 5.75 Å². The highest BCUT2D eigenvalue weighted by molar-refractivity contribution is 6.21. The van der Waals surface area contributed by atoms with E-state index in [0.29, 0.717) is 37.6 Å². The number of nitrogens with zero attached hydrogens (tertiary/aromatic N) is 4. The van der Waals surface area contributed by atoms with Gasteiger partial charge in [-0.1, -0.05) is 0 Å². The van der Waals surface area contributed by atoms with Gasteiger partial charge in [-0.15, -0.1) is 10.1 Å². The Morgan fingerprint density at radius 2 is 1.73 bits per heavy atom. The molecule has 0 N–H and O–H groups in total. The van der Waals surface area contributed by atoms with Crippen molar-refractivity contribution in [1.29, 1.82) is 0 Å². The van der Waals surface area contributed by atoms with Crippen molar-refractivity contribution in [2.24, 2.45) is 0 Å². The maximum Gasteiger partial charge on any atom is 0.409 e. The Labute approximate surface area is 191 Å². The number of carbonyl (C=O) groups excluding carboxylic acids is 3. The summed E-state index contributed by atoms with van der Waals surface area (Å²) in [5.41, 5.74) is 0.560. The normalized spacial score (nSPS) is 16.0. The minimum Gasteiger partial charge on any atom is -0.494 e. The highest BCUT2D eigenvalue weighted by Crippen LogP contribution is 2.27. The number of carbonyl (C=O) groups is 3. The van der Waals surface area contributed by atoms with Crippen molar-refractivity contribution in [3.05, 3.63) is 39.4 Å². The zero-order valence-electron chi connectivity index (χ0n) is 18.6. The number of piperazine rings is 1. The van der Waals surface area contributed by atoms with Gasteiger partial charge in [0, 0.05) is 39.3 Å². The van der Waals surface area contributed by atoms with Gasteiger partial charge in [0.05, 0.1) is 30.9 Å². The fourth-order valence-corrected chi connectivity index (χ4v) is 3.77. The zero-order chi connectivity index (χ0) is 23.8. The molecular weight excluding hydrogens is 436 g/mol. The molecule has 0 atom stereocenters. The predicted octanol–water partition coefficient (Wildman–Crippen LogP) is 1.42. The SMILES string of the molecule is CCOC(=O)N1CCN(CCCOc2ccc3c(c2)C(=O)N(CCCO[N+](=O)[O-])C3=O)CC1. The van der Waals surface area contributed by atoms with Gasteiger partial charge in [0.2, 0.25) is 0 Å². The summed E-state index contributed by atoms with van der Waals surface area (Å²) in [6.07, 6.45) is 0.670. The van der Waals surface area contributed by atoms with Gasteiger partial charge >= 0.3 is 6.09 Å². The van der Waals surface area contributed by atoms with Gasteiger partial charge in [0.1, 0.15) is 5.75 Å². The maximum absolute atomic E-state index is 12.6. The molecule has 33 heavy (non-hydrogen) atoms. The highest BCUT2D eigenvalue weighted by Gasteiger charge is 2.35. The molecule has 1 saturated heterocycles. The summed E-state index contributed by atoms with van der Waals surface area (Å²) >= 11 is 0. The Morgan fingerprint density at radius 3 is 2.42 bits per heavy atom. The van der Waals surface area contributed by atoms with E-state index in [2.05, 4.69) is 9.74 Å². The first kappa shape index (κ1) is 24.2. The number of benzene rings is 1. The van der Waals surface area contributed by atoms with Crippen molar-refractivity contribution in [3.63, 3.8) is 0 Å². The van der Waals surface area contributed by atoms with Gasteiger partial charge in [-0.25, -0.2) is 4.79 Å². The van der Waals surface area contributed by atoms with Crippen LogP contribution in [0.1, 0.15) is 40.5 Å². The molecule has 0 radical (unpaired) electrons. The summed E-state index contributed by atoms with van der Waals surface area (Å²) in [6, 6.07) is 4.77. The Kier molecular flexibility index (Phi) is 8.41. The molecule has 12 nitrogen and oxygen atoms in total. The first-order chi connectivity index (χ1) is 15.9. The van der Waals surface area contributed by atoms with Gasteiger partial charge in [-0.3, -0.25) is 19.4 Å². The fourth-order valence-electron chi connectivity index (χ4n) is 3.77. The van der Waals surface area contributed by atoms with Crippen LogP contribution in [-0.4, -0.2) is 96.8 Å². The smallest absolute Gasteiger partial charge is 0.409 e. The molecule has 0 aromatic heterocycles. The van der Waals surface area contributed by atoms with E-state index in [0.717, 1.165) is 31.0 Å². The van der Waals surface area contributed by atoms with Crippen LogP contribution in [0, 0.1) is 10.1 Å². The molecule has 0 spiro atoms. The molecule has 12 heteroatoms. The lowest BCUT2D eigenvalue weighted by molar-refractivity contribution is -0.757. The molecule has 3 rings (SSSR count). The molecular formula is C21H28N4O8. The van der Waals surface area contributed by atoms with E-state index in [4.69, 9.17) is 9.47 Å². The minimum atomic E-state index is -0.907. The second-order valence-corrected chi connectivity index (χ2v) is 7.61. The van der Waals surface area contributed by atoms with Crippen LogP contribution in [0.25, 0.3) is 0 Å². The van der Waals surface area contributed by atoms with E-state index in [9.17, 15) is 24.5 Å². The number of hydrogen-bond donors (Lipinski definition) is 0. The number of imide groups is 1. The molecule has 0 aliphatic carbocycles. The van der Waals surface area contributed by atoms with E-state index in [1.165, 1.54) is 0 Å².